The predicted molar refractivity (Wildman–Crippen MR) is 54.7 cm³/mol. The number of thioether (sulfide) groups is 1. The molecule has 0 bridgehead atoms. The van der Waals surface area contributed by atoms with Crippen molar-refractivity contribution >= 4 is 11.8 Å². The molecule has 12 heavy (non-hydrogen) atoms. The van der Waals surface area contributed by atoms with Gasteiger partial charge in [0.1, 0.15) is 0 Å². The Hall–Kier alpha value is 0.270. The molecular weight excluding hydrogens is 172 g/mol. The Balaban J connectivity index is 3.12. The van der Waals surface area contributed by atoms with Crippen LogP contribution in [0.15, 0.2) is 0 Å². The van der Waals surface area contributed by atoms with Crippen molar-refractivity contribution in [3.63, 3.8) is 0 Å². The maximum absolute atomic E-state index is 8.95. The second-order valence-corrected chi connectivity index (χ2v) is 5.03. The van der Waals surface area contributed by atoms with Crippen molar-refractivity contribution in [3.8, 4) is 0 Å². The summed E-state index contributed by atoms with van der Waals surface area (Å²) in [6, 6.07) is 0. The summed E-state index contributed by atoms with van der Waals surface area (Å²) in [5.74, 6) is 1.76. The van der Waals surface area contributed by atoms with E-state index in [1.807, 2.05) is 20.8 Å². The highest BCUT2D eigenvalue weighted by Gasteiger charge is 2.08. The second-order valence-electron chi connectivity index (χ2n) is 3.88. The number of hydrogen-bond acceptors (Lipinski definition) is 3. The van der Waals surface area contributed by atoms with Gasteiger partial charge < -0.3 is 9.84 Å². The molecule has 0 amide bonds. The minimum Gasteiger partial charge on any atom is -0.393 e. The van der Waals surface area contributed by atoms with E-state index in [2.05, 4.69) is 0 Å². The molecule has 0 aromatic rings. The highest BCUT2D eigenvalue weighted by Crippen LogP contribution is 2.09. The van der Waals surface area contributed by atoms with Gasteiger partial charge in [-0.05, 0) is 27.7 Å². The van der Waals surface area contributed by atoms with Crippen LogP contribution in [0.5, 0.6) is 0 Å². The topological polar surface area (TPSA) is 29.5 Å². The number of rotatable bonds is 5. The predicted octanol–water partition coefficient (Wildman–Crippen LogP) is 1.92. The maximum atomic E-state index is 8.95. The fourth-order valence-corrected chi connectivity index (χ4v) is 1.37. The summed E-state index contributed by atoms with van der Waals surface area (Å²) in [5, 5.41) is 8.95. The van der Waals surface area contributed by atoms with Crippen LogP contribution in [0.25, 0.3) is 0 Å². The average Bonchev–Trinajstić information content (AvgIpc) is 1.83. The van der Waals surface area contributed by atoms with Crippen molar-refractivity contribution in [2.75, 3.05) is 18.1 Å². The first-order valence-electron chi connectivity index (χ1n) is 4.31. The minimum atomic E-state index is -0.204. The molecule has 0 aliphatic heterocycles. The van der Waals surface area contributed by atoms with Crippen molar-refractivity contribution in [2.45, 2.75) is 39.4 Å². The molecule has 0 saturated heterocycles. The smallest absolute Gasteiger partial charge is 0.0602 e. The van der Waals surface area contributed by atoms with Crippen LogP contribution in [0.1, 0.15) is 27.7 Å². The Morgan fingerprint density at radius 3 is 2.42 bits per heavy atom. The van der Waals surface area contributed by atoms with Crippen LogP contribution >= 0.6 is 11.8 Å². The second kappa shape index (κ2) is 5.84. The molecule has 3 heteroatoms. The summed E-state index contributed by atoms with van der Waals surface area (Å²) < 4.78 is 5.51. The Labute approximate surface area is 79.7 Å². The Morgan fingerprint density at radius 1 is 1.42 bits per heavy atom. The van der Waals surface area contributed by atoms with E-state index in [4.69, 9.17) is 9.84 Å². The largest absolute Gasteiger partial charge is 0.393 e. The third kappa shape index (κ3) is 10.3. The van der Waals surface area contributed by atoms with Crippen LogP contribution in [0.2, 0.25) is 0 Å². The van der Waals surface area contributed by atoms with Crippen molar-refractivity contribution < 1.29 is 9.84 Å². The lowest BCUT2D eigenvalue weighted by Gasteiger charge is -2.19. The van der Waals surface area contributed by atoms with E-state index < -0.39 is 0 Å². The summed E-state index contributed by atoms with van der Waals surface area (Å²) in [6.07, 6.45) is -0.204. The van der Waals surface area contributed by atoms with Crippen LogP contribution in [-0.4, -0.2) is 34.9 Å². The molecule has 0 fully saturated rings. The third-order valence-corrected chi connectivity index (χ3v) is 2.30. The molecule has 1 unspecified atom stereocenters. The average molecular weight is 192 g/mol. The van der Waals surface area contributed by atoms with E-state index in [1.165, 1.54) is 0 Å². The molecule has 0 aromatic carbocycles. The number of ether oxygens (including phenoxy) is 1. The Kier molecular flexibility index (Phi) is 5.97. The van der Waals surface area contributed by atoms with Crippen LogP contribution < -0.4 is 0 Å². The van der Waals surface area contributed by atoms with Crippen molar-refractivity contribution in [1.29, 1.82) is 0 Å². The fourth-order valence-electron chi connectivity index (χ4n) is 0.661. The van der Waals surface area contributed by atoms with Crippen LogP contribution in [0.4, 0.5) is 0 Å². The molecule has 1 N–H and O–H groups in total. The van der Waals surface area contributed by atoms with Crippen LogP contribution in [-0.2, 0) is 4.74 Å². The number of aliphatic hydroxyl groups excluding tert-OH is 1. The van der Waals surface area contributed by atoms with Gasteiger partial charge in [0.25, 0.3) is 0 Å². The van der Waals surface area contributed by atoms with E-state index in [-0.39, 0.29) is 11.7 Å². The molecule has 0 spiro atoms. The van der Waals surface area contributed by atoms with Gasteiger partial charge in [-0.3, -0.25) is 0 Å². The summed E-state index contributed by atoms with van der Waals surface area (Å²) in [4.78, 5) is 0. The monoisotopic (exact) mass is 192 g/mol. The molecule has 2 nitrogen and oxygen atoms in total. The lowest BCUT2D eigenvalue weighted by atomic mass is 10.2. The van der Waals surface area contributed by atoms with Gasteiger partial charge in [-0.2, -0.15) is 11.8 Å². The lowest BCUT2D eigenvalue weighted by molar-refractivity contribution is 0.00693. The molecule has 74 valence electrons. The standard InChI is InChI=1S/C9H20O2S/c1-8(10)7-12-6-5-11-9(2,3)4/h8,10H,5-7H2,1-4H3. The van der Waals surface area contributed by atoms with Crippen LogP contribution in [0, 0.1) is 0 Å². The van der Waals surface area contributed by atoms with Gasteiger partial charge in [-0.15, -0.1) is 0 Å². The maximum Gasteiger partial charge on any atom is 0.0602 e. The van der Waals surface area contributed by atoms with E-state index in [1.54, 1.807) is 18.7 Å². The zero-order valence-corrected chi connectivity index (χ0v) is 9.28. The van der Waals surface area contributed by atoms with E-state index in [9.17, 15) is 0 Å². The van der Waals surface area contributed by atoms with Gasteiger partial charge in [-0.1, -0.05) is 0 Å². The fraction of sp³-hybridized carbons (Fsp3) is 1.00. The van der Waals surface area contributed by atoms with Gasteiger partial charge >= 0.3 is 0 Å². The Morgan fingerprint density at radius 2 is 2.00 bits per heavy atom. The van der Waals surface area contributed by atoms with E-state index in [0.717, 1.165) is 18.1 Å². The molecule has 0 rings (SSSR count). The third-order valence-electron chi connectivity index (χ3n) is 1.12. The van der Waals surface area contributed by atoms with Crippen molar-refractivity contribution in [2.24, 2.45) is 0 Å². The first-order chi connectivity index (χ1) is 5.42. The zero-order chi connectivity index (χ0) is 9.61. The van der Waals surface area contributed by atoms with Gasteiger partial charge in [0.15, 0.2) is 0 Å². The molecule has 1 atom stereocenters. The van der Waals surface area contributed by atoms with Gasteiger partial charge in [-0.25, -0.2) is 0 Å². The first kappa shape index (κ1) is 12.3. The summed E-state index contributed by atoms with van der Waals surface area (Å²) in [5.41, 5.74) is -0.0363. The molecule has 0 aliphatic rings. The summed E-state index contributed by atoms with van der Waals surface area (Å²) >= 11 is 1.73. The van der Waals surface area contributed by atoms with E-state index in [0.29, 0.717) is 0 Å². The minimum absolute atomic E-state index is 0.0363. The molecule has 0 saturated carbocycles. The van der Waals surface area contributed by atoms with Crippen LogP contribution in [0.3, 0.4) is 0 Å². The lowest BCUT2D eigenvalue weighted by Crippen LogP contribution is -2.20. The van der Waals surface area contributed by atoms with Crippen molar-refractivity contribution in [1.82, 2.24) is 0 Å². The van der Waals surface area contributed by atoms with E-state index >= 15 is 0 Å². The first-order valence-corrected chi connectivity index (χ1v) is 5.47. The molecule has 0 heterocycles. The molecule has 0 radical (unpaired) electrons. The zero-order valence-electron chi connectivity index (χ0n) is 8.46. The highest BCUT2D eigenvalue weighted by molar-refractivity contribution is 7.99. The van der Waals surface area contributed by atoms with Crippen molar-refractivity contribution in [3.05, 3.63) is 0 Å². The molecule has 0 aromatic heterocycles. The summed E-state index contributed by atoms with van der Waals surface area (Å²) in [6.45, 7) is 8.71. The summed E-state index contributed by atoms with van der Waals surface area (Å²) in [7, 11) is 0. The van der Waals surface area contributed by atoms with Gasteiger partial charge in [0, 0.05) is 11.5 Å². The van der Waals surface area contributed by atoms with Gasteiger partial charge in [0.05, 0.1) is 18.3 Å². The highest BCUT2D eigenvalue weighted by atomic mass is 32.2. The Bertz CT molecular complexity index is 108. The molecular formula is C9H20O2S. The van der Waals surface area contributed by atoms with Gasteiger partial charge in [0.2, 0.25) is 0 Å². The number of aliphatic hydroxyl groups is 1. The normalized spacial score (nSPS) is 14.8. The quantitative estimate of drug-likeness (QED) is 0.675. The number of hydrogen-bond donors (Lipinski definition) is 1. The molecule has 0 aliphatic carbocycles. The SMILES string of the molecule is CC(O)CSCCOC(C)(C)C.